The number of nitrogens with two attached hydrogens (primary N) is 1. The molecule has 0 fully saturated rings. The molecule has 1 aliphatic carbocycles. The van der Waals surface area contributed by atoms with E-state index in [9.17, 15) is 4.39 Å². The maximum absolute atomic E-state index is 13.2. The molecule has 4 heteroatoms. The van der Waals surface area contributed by atoms with Crippen molar-refractivity contribution in [2.75, 3.05) is 5.73 Å². The highest BCUT2D eigenvalue weighted by Gasteiger charge is 2.31. The standard InChI is InChI=1S/C8H10FN3/c1-4-2-5(9)7-6(4)8(10)12-3-11-7/h3-5H,2H2,1H3,(H2,10,11,12). The molecule has 1 heterocycles. The summed E-state index contributed by atoms with van der Waals surface area (Å²) in [6.45, 7) is 1.94. The van der Waals surface area contributed by atoms with Crippen molar-refractivity contribution in [3.63, 3.8) is 0 Å². The Kier molecular flexibility index (Phi) is 1.49. The van der Waals surface area contributed by atoms with Gasteiger partial charge in [0.1, 0.15) is 18.3 Å². The Morgan fingerprint density at radius 3 is 3.00 bits per heavy atom. The molecule has 1 aliphatic rings. The number of hydrogen-bond acceptors (Lipinski definition) is 3. The molecule has 0 radical (unpaired) electrons. The molecule has 12 heavy (non-hydrogen) atoms. The van der Waals surface area contributed by atoms with Crippen molar-refractivity contribution in [2.24, 2.45) is 0 Å². The molecule has 1 aromatic heterocycles. The maximum Gasteiger partial charge on any atom is 0.143 e. The zero-order chi connectivity index (χ0) is 8.72. The van der Waals surface area contributed by atoms with Gasteiger partial charge in [-0.05, 0) is 12.3 Å². The highest BCUT2D eigenvalue weighted by atomic mass is 19.1. The number of alkyl halides is 1. The third-order valence-electron chi connectivity index (χ3n) is 2.30. The number of aromatic nitrogens is 2. The van der Waals surface area contributed by atoms with Crippen molar-refractivity contribution in [2.45, 2.75) is 25.4 Å². The second kappa shape index (κ2) is 2.40. The molecule has 0 amide bonds. The minimum Gasteiger partial charge on any atom is -0.383 e. The summed E-state index contributed by atoms with van der Waals surface area (Å²) >= 11 is 0. The Hall–Kier alpha value is -1.19. The molecule has 0 aromatic carbocycles. The van der Waals surface area contributed by atoms with Crippen LogP contribution in [-0.4, -0.2) is 9.97 Å². The Labute approximate surface area is 69.8 Å². The molecule has 0 spiro atoms. The van der Waals surface area contributed by atoms with Crippen LogP contribution in [0.5, 0.6) is 0 Å². The van der Waals surface area contributed by atoms with E-state index in [-0.39, 0.29) is 5.92 Å². The van der Waals surface area contributed by atoms with Gasteiger partial charge in [0, 0.05) is 5.56 Å². The fourth-order valence-electron chi connectivity index (χ4n) is 1.72. The van der Waals surface area contributed by atoms with Crippen LogP contribution < -0.4 is 5.73 Å². The summed E-state index contributed by atoms with van der Waals surface area (Å²) in [6.07, 6.45) is 0.845. The maximum atomic E-state index is 13.2. The lowest BCUT2D eigenvalue weighted by molar-refractivity contribution is 0.326. The molecular weight excluding hydrogens is 157 g/mol. The van der Waals surface area contributed by atoms with Crippen LogP contribution in [0, 0.1) is 0 Å². The van der Waals surface area contributed by atoms with E-state index in [4.69, 9.17) is 5.73 Å². The van der Waals surface area contributed by atoms with E-state index in [2.05, 4.69) is 9.97 Å². The summed E-state index contributed by atoms with van der Waals surface area (Å²) in [5.41, 5.74) is 6.88. The number of nitrogens with zero attached hydrogens (tertiary/aromatic N) is 2. The summed E-state index contributed by atoms with van der Waals surface area (Å²) in [6, 6.07) is 0. The Morgan fingerprint density at radius 2 is 2.33 bits per heavy atom. The molecular formula is C8H10FN3. The lowest BCUT2D eigenvalue weighted by Crippen LogP contribution is -2.00. The first-order valence-corrected chi connectivity index (χ1v) is 3.94. The molecule has 2 unspecified atom stereocenters. The molecule has 1 aromatic rings. The van der Waals surface area contributed by atoms with E-state index in [0.717, 1.165) is 5.56 Å². The van der Waals surface area contributed by atoms with Crippen LogP contribution in [0.15, 0.2) is 6.33 Å². The van der Waals surface area contributed by atoms with Gasteiger partial charge in [-0.1, -0.05) is 6.92 Å². The van der Waals surface area contributed by atoms with Gasteiger partial charge in [-0.3, -0.25) is 0 Å². The molecule has 64 valence electrons. The zero-order valence-corrected chi connectivity index (χ0v) is 6.79. The third kappa shape index (κ3) is 0.873. The van der Waals surface area contributed by atoms with Gasteiger partial charge in [0.05, 0.1) is 5.69 Å². The first kappa shape index (κ1) is 7.46. The van der Waals surface area contributed by atoms with E-state index in [1.807, 2.05) is 6.92 Å². The fourth-order valence-corrected chi connectivity index (χ4v) is 1.72. The zero-order valence-electron chi connectivity index (χ0n) is 6.79. The Morgan fingerprint density at radius 1 is 1.58 bits per heavy atom. The number of anilines is 1. The highest BCUT2D eigenvalue weighted by Crippen LogP contribution is 2.42. The molecule has 0 aliphatic heterocycles. The summed E-state index contributed by atoms with van der Waals surface area (Å²) in [7, 11) is 0. The van der Waals surface area contributed by atoms with Crippen LogP contribution in [0.4, 0.5) is 10.2 Å². The smallest absolute Gasteiger partial charge is 0.143 e. The summed E-state index contributed by atoms with van der Waals surface area (Å²) in [5.74, 6) is 0.573. The number of hydrogen-bond donors (Lipinski definition) is 1. The van der Waals surface area contributed by atoms with Crippen molar-refractivity contribution < 1.29 is 4.39 Å². The molecule has 2 atom stereocenters. The molecule has 0 bridgehead atoms. The summed E-state index contributed by atoms with van der Waals surface area (Å²) in [4.78, 5) is 7.72. The van der Waals surface area contributed by atoms with Crippen LogP contribution in [0.25, 0.3) is 0 Å². The van der Waals surface area contributed by atoms with Crippen LogP contribution in [0.3, 0.4) is 0 Å². The molecule has 2 rings (SSSR count). The van der Waals surface area contributed by atoms with Crippen molar-refractivity contribution in [3.05, 3.63) is 17.6 Å². The monoisotopic (exact) mass is 167 g/mol. The average Bonchev–Trinajstić information content (AvgIpc) is 2.29. The normalized spacial score (nSPS) is 27.2. The SMILES string of the molecule is CC1CC(F)c2ncnc(N)c21. The van der Waals surface area contributed by atoms with E-state index in [1.54, 1.807) is 0 Å². The number of nitrogen functional groups attached to an aromatic ring is 1. The summed E-state index contributed by atoms with van der Waals surface area (Å²) in [5, 5.41) is 0. The lowest BCUT2D eigenvalue weighted by Gasteiger charge is -2.04. The van der Waals surface area contributed by atoms with Gasteiger partial charge in [-0.15, -0.1) is 0 Å². The van der Waals surface area contributed by atoms with Crippen molar-refractivity contribution in [1.29, 1.82) is 0 Å². The van der Waals surface area contributed by atoms with Gasteiger partial charge in [-0.25, -0.2) is 14.4 Å². The number of fused-ring (bicyclic) bond motifs is 1. The number of halogens is 1. The van der Waals surface area contributed by atoms with Gasteiger partial charge < -0.3 is 5.73 Å². The third-order valence-corrected chi connectivity index (χ3v) is 2.30. The van der Waals surface area contributed by atoms with Crippen LogP contribution in [0.1, 0.15) is 36.7 Å². The van der Waals surface area contributed by atoms with Crippen LogP contribution >= 0.6 is 0 Å². The van der Waals surface area contributed by atoms with Crippen molar-refractivity contribution >= 4 is 5.82 Å². The van der Waals surface area contributed by atoms with Gasteiger partial charge in [0.15, 0.2) is 0 Å². The average molecular weight is 167 g/mol. The van der Waals surface area contributed by atoms with E-state index in [0.29, 0.717) is 17.9 Å². The first-order valence-electron chi connectivity index (χ1n) is 3.94. The first-order chi connectivity index (χ1) is 5.70. The highest BCUT2D eigenvalue weighted by molar-refractivity contribution is 5.47. The van der Waals surface area contributed by atoms with Gasteiger partial charge in [-0.2, -0.15) is 0 Å². The minimum absolute atomic E-state index is 0.149. The largest absolute Gasteiger partial charge is 0.383 e. The minimum atomic E-state index is -0.958. The topological polar surface area (TPSA) is 51.8 Å². The molecule has 2 N–H and O–H groups in total. The van der Waals surface area contributed by atoms with Gasteiger partial charge in [0.2, 0.25) is 0 Å². The van der Waals surface area contributed by atoms with E-state index in [1.165, 1.54) is 6.33 Å². The Balaban J connectivity index is 2.59. The van der Waals surface area contributed by atoms with Crippen molar-refractivity contribution in [1.82, 2.24) is 9.97 Å². The number of rotatable bonds is 0. The predicted octanol–water partition coefficient (Wildman–Crippen LogP) is 1.58. The second-order valence-corrected chi connectivity index (χ2v) is 3.16. The quantitative estimate of drug-likeness (QED) is 0.638. The van der Waals surface area contributed by atoms with Crippen molar-refractivity contribution in [3.8, 4) is 0 Å². The Bertz CT molecular complexity index is 313. The molecule has 3 nitrogen and oxygen atoms in total. The lowest BCUT2D eigenvalue weighted by atomic mass is 10.1. The van der Waals surface area contributed by atoms with Gasteiger partial charge >= 0.3 is 0 Å². The molecule has 0 saturated carbocycles. The summed E-state index contributed by atoms with van der Waals surface area (Å²) < 4.78 is 13.2. The van der Waals surface area contributed by atoms with E-state index >= 15 is 0 Å². The van der Waals surface area contributed by atoms with Crippen LogP contribution in [-0.2, 0) is 0 Å². The van der Waals surface area contributed by atoms with Gasteiger partial charge in [0.25, 0.3) is 0 Å². The van der Waals surface area contributed by atoms with E-state index < -0.39 is 6.17 Å². The second-order valence-electron chi connectivity index (χ2n) is 3.16. The fraction of sp³-hybridized carbons (Fsp3) is 0.500. The molecule has 0 saturated heterocycles. The van der Waals surface area contributed by atoms with Crippen LogP contribution in [0.2, 0.25) is 0 Å². The predicted molar refractivity (Wildman–Crippen MR) is 43.3 cm³/mol.